The van der Waals surface area contributed by atoms with E-state index in [2.05, 4.69) is 4.98 Å². The first-order valence-electron chi connectivity index (χ1n) is 7.60. The van der Waals surface area contributed by atoms with E-state index < -0.39 is 0 Å². The van der Waals surface area contributed by atoms with Gasteiger partial charge in [0.25, 0.3) is 5.56 Å². The smallest absolute Gasteiger partial charge is 0.272 e. The van der Waals surface area contributed by atoms with E-state index in [9.17, 15) is 10.1 Å². The maximum absolute atomic E-state index is 12.6. The van der Waals surface area contributed by atoms with E-state index in [0.29, 0.717) is 5.69 Å². The summed E-state index contributed by atoms with van der Waals surface area (Å²) >= 11 is 0. The van der Waals surface area contributed by atoms with Crippen LogP contribution in [0, 0.1) is 36.0 Å². The van der Waals surface area contributed by atoms with Crippen LogP contribution < -0.4 is 5.56 Å². The van der Waals surface area contributed by atoms with Crippen LogP contribution in [-0.2, 0) is 5.54 Å². The number of rotatable bonds is 1. The molecule has 0 radical (unpaired) electrons. The molecule has 4 aliphatic rings. The van der Waals surface area contributed by atoms with Gasteiger partial charge in [0.15, 0.2) is 0 Å². The third-order valence-corrected chi connectivity index (χ3v) is 5.79. The van der Waals surface area contributed by atoms with Gasteiger partial charge in [-0.15, -0.1) is 0 Å². The Balaban J connectivity index is 1.86. The van der Waals surface area contributed by atoms with E-state index in [1.807, 2.05) is 10.6 Å². The fourth-order valence-corrected chi connectivity index (χ4v) is 5.36. The predicted octanol–water partition coefficient (Wildman–Crippen LogP) is 2.35. The van der Waals surface area contributed by atoms with Gasteiger partial charge in [-0.05, 0) is 63.2 Å². The molecule has 1 aromatic heterocycles. The van der Waals surface area contributed by atoms with Crippen LogP contribution in [0.1, 0.15) is 49.8 Å². The Morgan fingerprint density at radius 3 is 2.30 bits per heavy atom. The summed E-state index contributed by atoms with van der Waals surface area (Å²) in [6.07, 6.45) is 9.05. The molecule has 104 valence electrons. The van der Waals surface area contributed by atoms with Crippen LogP contribution in [0.5, 0.6) is 0 Å². The standard InChI is InChI=1S/C16H19N3O/c1-10-14(8-17)15(20)19(9-18-10)16-5-11-2-12(6-16)4-13(3-11)7-16/h9,11-13H,2-7H2,1H3. The van der Waals surface area contributed by atoms with Crippen molar-refractivity contribution in [1.82, 2.24) is 9.55 Å². The lowest BCUT2D eigenvalue weighted by Gasteiger charge is -2.57. The van der Waals surface area contributed by atoms with Gasteiger partial charge < -0.3 is 0 Å². The van der Waals surface area contributed by atoms with Crippen LogP contribution in [0.2, 0.25) is 0 Å². The molecule has 4 nitrogen and oxygen atoms in total. The third-order valence-electron chi connectivity index (χ3n) is 5.79. The number of aryl methyl sites for hydroxylation is 1. The predicted molar refractivity (Wildman–Crippen MR) is 74.1 cm³/mol. The number of hydrogen-bond donors (Lipinski definition) is 0. The summed E-state index contributed by atoms with van der Waals surface area (Å²) in [7, 11) is 0. The minimum absolute atomic E-state index is 0.0435. The lowest BCUT2D eigenvalue weighted by atomic mass is 9.53. The molecular weight excluding hydrogens is 250 g/mol. The molecule has 1 aromatic rings. The van der Waals surface area contributed by atoms with Crippen molar-refractivity contribution < 1.29 is 0 Å². The summed E-state index contributed by atoms with van der Waals surface area (Å²) in [6.45, 7) is 1.74. The van der Waals surface area contributed by atoms with Crippen LogP contribution in [0.4, 0.5) is 0 Å². The zero-order chi connectivity index (χ0) is 13.9. The fourth-order valence-electron chi connectivity index (χ4n) is 5.36. The Hall–Kier alpha value is -1.63. The Morgan fingerprint density at radius 2 is 1.80 bits per heavy atom. The van der Waals surface area contributed by atoms with E-state index >= 15 is 0 Å². The van der Waals surface area contributed by atoms with Crippen molar-refractivity contribution in [2.24, 2.45) is 17.8 Å². The minimum Gasteiger partial charge on any atom is -0.292 e. The van der Waals surface area contributed by atoms with Crippen LogP contribution >= 0.6 is 0 Å². The maximum atomic E-state index is 12.6. The minimum atomic E-state index is -0.123. The first-order valence-corrected chi connectivity index (χ1v) is 7.60. The first-order chi connectivity index (χ1) is 9.61. The highest BCUT2D eigenvalue weighted by Gasteiger charge is 2.52. The average Bonchev–Trinajstić information content (AvgIpc) is 2.37. The normalized spacial score (nSPS) is 37.9. The topological polar surface area (TPSA) is 58.7 Å². The number of nitrogens with zero attached hydrogens (tertiary/aromatic N) is 3. The van der Waals surface area contributed by atoms with E-state index in [4.69, 9.17) is 0 Å². The van der Waals surface area contributed by atoms with E-state index in [-0.39, 0.29) is 16.7 Å². The molecule has 0 spiro atoms. The van der Waals surface area contributed by atoms with Crippen LogP contribution in [-0.4, -0.2) is 9.55 Å². The van der Waals surface area contributed by atoms with Gasteiger partial charge >= 0.3 is 0 Å². The molecule has 0 aliphatic heterocycles. The van der Waals surface area contributed by atoms with Gasteiger partial charge in [-0.25, -0.2) is 4.98 Å². The number of nitriles is 1. The quantitative estimate of drug-likeness (QED) is 0.786. The molecule has 4 bridgehead atoms. The van der Waals surface area contributed by atoms with Gasteiger partial charge in [-0.3, -0.25) is 9.36 Å². The maximum Gasteiger partial charge on any atom is 0.272 e. The highest BCUT2D eigenvalue weighted by atomic mass is 16.1. The molecule has 0 saturated heterocycles. The van der Waals surface area contributed by atoms with Crippen molar-refractivity contribution in [1.29, 1.82) is 5.26 Å². The highest BCUT2D eigenvalue weighted by molar-refractivity contribution is 5.30. The van der Waals surface area contributed by atoms with Gasteiger partial charge in [0.1, 0.15) is 11.6 Å². The van der Waals surface area contributed by atoms with Gasteiger partial charge in [0.2, 0.25) is 0 Å². The van der Waals surface area contributed by atoms with Crippen molar-refractivity contribution in [3.05, 3.63) is 27.9 Å². The van der Waals surface area contributed by atoms with E-state index in [0.717, 1.165) is 37.0 Å². The molecule has 4 fully saturated rings. The molecule has 4 saturated carbocycles. The second-order valence-electron chi connectivity index (χ2n) is 7.13. The van der Waals surface area contributed by atoms with E-state index in [1.165, 1.54) is 19.3 Å². The summed E-state index contributed by atoms with van der Waals surface area (Å²) in [5, 5.41) is 9.20. The molecule has 0 unspecified atom stereocenters. The highest BCUT2D eigenvalue weighted by Crippen LogP contribution is 2.58. The average molecular weight is 269 g/mol. The lowest BCUT2D eigenvalue weighted by Crippen LogP contribution is -2.55. The number of aromatic nitrogens is 2. The van der Waals surface area contributed by atoms with Gasteiger partial charge in [-0.2, -0.15) is 5.26 Å². The van der Waals surface area contributed by atoms with Crippen molar-refractivity contribution in [3.63, 3.8) is 0 Å². The zero-order valence-electron chi connectivity index (χ0n) is 11.8. The first kappa shape index (κ1) is 12.1. The van der Waals surface area contributed by atoms with Crippen molar-refractivity contribution >= 4 is 0 Å². The molecule has 1 heterocycles. The fraction of sp³-hybridized carbons (Fsp3) is 0.688. The molecule has 5 rings (SSSR count). The molecule has 0 atom stereocenters. The SMILES string of the molecule is Cc1ncn(C23CC4CC(CC(C4)C2)C3)c(=O)c1C#N. The van der Waals surface area contributed by atoms with Gasteiger partial charge in [0.05, 0.1) is 12.0 Å². The van der Waals surface area contributed by atoms with Crippen LogP contribution in [0.15, 0.2) is 11.1 Å². The monoisotopic (exact) mass is 269 g/mol. The van der Waals surface area contributed by atoms with Gasteiger partial charge in [-0.1, -0.05) is 0 Å². The van der Waals surface area contributed by atoms with Crippen LogP contribution in [0.3, 0.4) is 0 Å². The largest absolute Gasteiger partial charge is 0.292 e. The van der Waals surface area contributed by atoms with Crippen LogP contribution in [0.25, 0.3) is 0 Å². The Morgan fingerprint density at radius 1 is 1.25 bits per heavy atom. The van der Waals surface area contributed by atoms with Crippen molar-refractivity contribution in [2.75, 3.05) is 0 Å². The summed E-state index contributed by atoms with van der Waals surface area (Å²) in [4.78, 5) is 16.9. The molecule has 0 aromatic carbocycles. The molecule has 0 amide bonds. The Bertz CT molecular complexity index is 632. The summed E-state index contributed by atoms with van der Waals surface area (Å²) in [5.74, 6) is 2.33. The van der Waals surface area contributed by atoms with Crippen molar-refractivity contribution in [3.8, 4) is 6.07 Å². The Labute approximate surface area is 118 Å². The molecular formula is C16H19N3O. The molecule has 20 heavy (non-hydrogen) atoms. The second-order valence-corrected chi connectivity index (χ2v) is 7.13. The van der Waals surface area contributed by atoms with Gasteiger partial charge in [0, 0.05) is 5.54 Å². The molecule has 4 aliphatic carbocycles. The zero-order valence-corrected chi connectivity index (χ0v) is 11.8. The third kappa shape index (κ3) is 1.52. The Kier molecular flexibility index (Phi) is 2.39. The lowest BCUT2D eigenvalue weighted by molar-refractivity contribution is -0.0454. The second kappa shape index (κ2) is 3.94. The molecule has 0 N–H and O–H groups in total. The van der Waals surface area contributed by atoms with Crippen molar-refractivity contribution in [2.45, 2.75) is 51.0 Å². The summed E-state index contributed by atoms with van der Waals surface area (Å²) < 4.78 is 1.82. The summed E-state index contributed by atoms with van der Waals surface area (Å²) in [6, 6.07) is 2.04. The number of hydrogen-bond acceptors (Lipinski definition) is 3. The summed E-state index contributed by atoms with van der Waals surface area (Å²) in [5.41, 5.74) is 0.613. The van der Waals surface area contributed by atoms with E-state index in [1.54, 1.807) is 13.3 Å². The molecule has 4 heteroatoms.